The summed E-state index contributed by atoms with van der Waals surface area (Å²) in [6.07, 6.45) is 5.49. The summed E-state index contributed by atoms with van der Waals surface area (Å²) in [5.41, 5.74) is 3.57. The molecule has 2 aromatic heterocycles. The molecule has 198 valence electrons. The van der Waals surface area contributed by atoms with Crippen molar-refractivity contribution in [1.82, 2.24) is 19.9 Å². The van der Waals surface area contributed by atoms with Crippen molar-refractivity contribution in [3.63, 3.8) is 0 Å². The fraction of sp³-hybridized carbons (Fsp3) is 0.303. The Morgan fingerprint density at radius 1 is 0.711 bits per heavy atom. The first-order valence-corrected chi connectivity index (χ1v) is 12.5. The molecule has 0 aliphatic heterocycles. The van der Waals surface area contributed by atoms with E-state index in [0.717, 1.165) is 44.9 Å². The molecule has 0 saturated heterocycles. The molecule has 0 spiro atoms. The predicted octanol–water partition coefficient (Wildman–Crippen LogP) is 8.37. The van der Waals surface area contributed by atoms with Crippen molar-refractivity contribution in [3.05, 3.63) is 104 Å². The van der Waals surface area contributed by atoms with Crippen molar-refractivity contribution >= 4 is 10.8 Å². The average molecular weight is 585 g/mol. The molecule has 2 aromatic carbocycles. The molecule has 4 aromatic rings. The monoisotopic (exact) mass is 584 g/mol. The number of benzene rings is 2. The van der Waals surface area contributed by atoms with E-state index >= 15 is 0 Å². The maximum Gasteiger partial charge on any atom is 3.00 e. The minimum absolute atomic E-state index is 0. The van der Waals surface area contributed by atoms with Crippen LogP contribution in [0.3, 0.4) is 0 Å². The molecule has 38 heavy (non-hydrogen) atoms. The predicted molar refractivity (Wildman–Crippen MR) is 161 cm³/mol. The second kappa shape index (κ2) is 19.3. The van der Waals surface area contributed by atoms with E-state index in [4.69, 9.17) is 0 Å². The van der Waals surface area contributed by atoms with E-state index in [0.29, 0.717) is 11.8 Å². The third-order valence-corrected chi connectivity index (χ3v) is 5.48. The summed E-state index contributed by atoms with van der Waals surface area (Å²) < 4.78 is 0. The molecule has 5 heteroatoms. The number of hydrogen-bond donors (Lipinski definition) is 2. The van der Waals surface area contributed by atoms with Gasteiger partial charge >= 0.3 is 32.7 Å². The van der Waals surface area contributed by atoms with Gasteiger partial charge in [-0.1, -0.05) is 84.6 Å². The van der Waals surface area contributed by atoms with Crippen LogP contribution in [-0.4, -0.2) is 19.9 Å². The van der Waals surface area contributed by atoms with Gasteiger partial charge in [-0.2, -0.15) is 6.92 Å². The third-order valence-electron chi connectivity index (χ3n) is 5.48. The number of fused-ring (bicyclic) bond motifs is 1. The van der Waals surface area contributed by atoms with Gasteiger partial charge in [0.15, 0.2) is 0 Å². The molecule has 0 fully saturated rings. The number of aromatic amines is 2. The van der Waals surface area contributed by atoms with Gasteiger partial charge in [-0.25, -0.2) is 4.98 Å². The first kappa shape index (κ1) is 37.4. The second-order valence-electron chi connectivity index (χ2n) is 7.89. The summed E-state index contributed by atoms with van der Waals surface area (Å²) in [6, 6.07) is 12.3. The van der Waals surface area contributed by atoms with Crippen molar-refractivity contribution in [1.29, 1.82) is 0 Å². The third kappa shape index (κ3) is 9.83. The Kier molecular flexibility index (Phi) is 19.0. The zero-order chi connectivity index (χ0) is 25.8. The van der Waals surface area contributed by atoms with Gasteiger partial charge in [0.25, 0.3) is 0 Å². The molecular weight excluding hydrogens is 541 g/mol. The Balaban J connectivity index is 0. The summed E-state index contributed by atoms with van der Waals surface area (Å²) in [7, 11) is 0. The maximum atomic E-state index is 4.50. The molecule has 0 aliphatic rings. The summed E-state index contributed by atoms with van der Waals surface area (Å²) in [4.78, 5) is 15.3. The van der Waals surface area contributed by atoms with Gasteiger partial charge in [-0.3, -0.25) is 4.98 Å². The largest absolute Gasteiger partial charge is 3.00 e. The van der Waals surface area contributed by atoms with Crippen molar-refractivity contribution in [3.8, 4) is 23.7 Å². The van der Waals surface area contributed by atoms with E-state index in [2.05, 4.69) is 76.5 Å². The number of imidazole rings is 2. The molecule has 0 amide bonds. The topological polar surface area (TPSA) is 57.4 Å². The summed E-state index contributed by atoms with van der Waals surface area (Å²) in [6.45, 7) is 16.5. The van der Waals surface area contributed by atoms with E-state index in [1.807, 2.05) is 71.5 Å². The molecule has 1 unspecified atom stereocenters. The molecule has 0 aliphatic carbocycles. The second-order valence-corrected chi connectivity index (χ2v) is 7.89. The van der Waals surface area contributed by atoms with Crippen molar-refractivity contribution in [2.45, 2.75) is 61.3 Å². The van der Waals surface area contributed by atoms with Crippen LogP contribution in [0.2, 0.25) is 0 Å². The summed E-state index contributed by atoms with van der Waals surface area (Å²) >= 11 is 0. The van der Waals surface area contributed by atoms with Gasteiger partial charge in [0.05, 0.1) is 12.4 Å². The van der Waals surface area contributed by atoms with E-state index in [1.54, 1.807) is 6.20 Å². The van der Waals surface area contributed by atoms with Crippen LogP contribution in [0, 0.1) is 50.9 Å². The maximum absolute atomic E-state index is 4.50. The first-order valence-electron chi connectivity index (χ1n) is 12.5. The van der Waals surface area contributed by atoms with Crippen LogP contribution in [0.15, 0.2) is 48.8 Å². The van der Waals surface area contributed by atoms with Crippen LogP contribution in [0.1, 0.15) is 95.5 Å². The Hall–Kier alpha value is -2.79. The fourth-order valence-electron chi connectivity index (χ4n) is 3.29. The molecule has 0 radical (unpaired) electrons. The Bertz CT molecular complexity index is 1340. The average Bonchev–Trinajstić information content (AvgIpc) is 3.57. The van der Waals surface area contributed by atoms with Crippen LogP contribution in [0.4, 0.5) is 0 Å². The van der Waals surface area contributed by atoms with Gasteiger partial charge in [-0.05, 0) is 46.5 Å². The van der Waals surface area contributed by atoms with Crippen LogP contribution < -0.4 is 0 Å². The number of nitrogens with one attached hydrogen (secondary N) is 2. The van der Waals surface area contributed by atoms with Crippen molar-refractivity contribution in [2.75, 3.05) is 0 Å². The minimum atomic E-state index is 0. The SMILES string of the molecule is CC.CC.C[CH-]c1ncc(C#Cc2cccc3c(C#Cc4cnc(C(C)C(C)C)[nH]4)cccc23)[nH]1.[CH3-].[CH3-].[Y+3]. The number of H-pyrrole nitrogens is 2. The molecule has 4 rings (SSSR count). The van der Waals surface area contributed by atoms with Crippen molar-refractivity contribution < 1.29 is 32.7 Å². The summed E-state index contributed by atoms with van der Waals surface area (Å²) in [5, 5.41) is 2.17. The fourth-order valence-corrected chi connectivity index (χ4v) is 3.29. The molecular formula is C33H43N4Y. The number of nitrogens with zero attached hydrogens (tertiary/aromatic N) is 2. The van der Waals surface area contributed by atoms with Gasteiger partial charge in [-0.15, -0.1) is 0 Å². The van der Waals surface area contributed by atoms with Gasteiger partial charge in [0.2, 0.25) is 0 Å². The van der Waals surface area contributed by atoms with Gasteiger partial charge in [0.1, 0.15) is 17.2 Å². The van der Waals surface area contributed by atoms with Gasteiger partial charge in [0, 0.05) is 17.0 Å². The summed E-state index contributed by atoms with van der Waals surface area (Å²) in [5.74, 6) is 15.7. The zero-order valence-corrected chi connectivity index (χ0v) is 27.7. The standard InChI is InChI=1S/C27H25N4.2C2H6.2CH3.Y/c1-5-26-28-16-22(30-26)14-12-20-8-6-11-25-21(9-7-10-24(20)25)13-15-23-17-29-27(31-23)19(4)18(2)3;2*1-2;;;/h5-11,16-19H,1-4H3,(H,28,30)(H,29,31);2*1-2H3;2*1H3;/q-1;;;2*-1;+3. The quantitative estimate of drug-likeness (QED) is 0.188. The Labute approximate surface area is 257 Å². The van der Waals surface area contributed by atoms with E-state index in [1.165, 1.54) is 0 Å². The minimum Gasteiger partial charge on any atom is -0.362 e. The Morgan fingerprint density at radius 2 is 1.18 bits per heavy atom. The van der Waals surface area contributed by atoms with Gasteiger partial charge < -0.3 is 31.2 Å². The smallest absolute Gasteiger partial charge is 0.362 e. The van der Waals surface area contributed by atoms with E-state index < -0.39 is 0 Å². The number of rotatable bonds is 3. The number of aromatic nitrogens is 4. The molecule has 1 atom stereocenters. The van der Waals surface area contributed by atoms with Crippen molar-refractivity contribution in [2.24, 2.45) is 5.92 Å². The Morgan fingerprint density at radius 3 is 1.63 bits per heavy atom. The van der Waals surface area contributed by atoms with Crippen LogP contribution in [0.5, 0.6) is 0 Å². The normalized spacial score (nSPS) is 9.71. The van der Waals surface area contributed by atoms with E-state index in [-0.39, 0.29) is 47.6 Å². The first-order chi connectivity index (χ1) is 17.0. The number of hydrogen-bond acceptors (Lipinski definition) is 2. The van der Waals surface area contributed by atoms with Crippen LogP contribution in [-0.2, 0) is 32.7 Å². The molecule has 2 N–H and O–H groups in total. The molecule has 0 saturated carbocycles. The molecule has 2 heterocycles. The zero-order valence-electron chi connectivity index (χ0n) is 24.8. The van der Waals surface area contributed by atoms with Crippen LogP contribution in [0.25, 0.3) is 10.8 Å². The molecule has 0 bridgehead atoms. The van der Waals surface area contributed by atoms with Crippen LogP contribution >= 0.6 is 0 Å². The molecule has 4 nitrogen and oxygen atoms in total. The van der Waals surface area contributed by atoms with E-state index in [9.17, 15) is 0 Å².